The van der Waals surface area contributed by atoms with Gasteiger partial charge in [-0.2, -0.15) is 0 Å². The molecule has 2 nitrogen and oxygen atoms in total. The fourth-order valence-electron chi connectivity index (χ4n) is 4.89. The lowest BCUT2D eigenvalue weighted by atomic mass is 9.82. The summed E-state index contributed by atoms with van der Waals surface area (Å²) in [4.78, 5) is 0. The second-order valence-electron chi connectivity index (χ2n) is 8.31. The zero-order valence-electron chi connectivity index (χ0n) is 26.2. The Bertz CT molecular complexity index is 1830. The van der Waals surface area contributed by atoms with Gasteiger partial charge in [-0.1, -0.05) is 62.2 Å². The van der Waals surface area contributed by atoms with Gasteiger partial charge in [0.15, 0.2) is 6.20 Å². The molecule has 0 unspecified atom stereocenters. The van der Waals surface area contributed by atoms with E-state index in [0.29, 0.717) is 38.9 Å². The highest BCUT2D eigenvalue weighted by atomic mass is 16.3. The molecule has 1 aliphatic carbocycles. The SMILES string of the molecule is [2H]C([2H])([2H])c1cc[n+](C)c(-c2c(C)ccc3c2oc2c4c(ccc23)C(C([2H])([2H])[2H])(C([2H])([2H])[2H])c2ccccc2-4)c1. The number of aryl methyl sites for hydroxylation is 3. The molecule has 0 atom stereocenters. The van der Waals surface area contributed by atoms with E-state index in [1.165, 1.54) is 0 Å². The maximum Gasteiger partial charge on any atom is 0.216 e. The Balaban J connectivity index is 1.75. The average Bonchev–Trinajstić information content (AvgIpc) is 3.37. The molecule has 2 heteroatoms. The van der Waals surface area contributed by atoms with Crippen molar-refractivity contribution < 1.29 is 21.3 Å². The number of fused-ring (bicyclic) bond motifs is 7. The topological polar surface area (TPSA) is 17.0 Å². The van der Waals surface area contributed by atoms with Crippen LogP contribution in [0.4, 0.5) is 0 Å². The number of furan rings is 1. The van der Waals surface area contributed by atoms with Gasteiger partial charge in [0.1, 0.15) is 18.2 Å². The van der Waals surface area contributed by atoms with E-state index in [1.807, 2.05) is 30.7 Å². The summed E-state index contributed by atoms with van der Waals surface area (Å²) in [7, 11) is 1.83. The molecular weight excluding hydrogens is 378 g/mol. The maximum atomic E-state index is 8.47. The monoisotopic (exact) mass is 413 g/mol. The Morgan fingerprint density at radius 2 is 1.65 bits per heavy atom. The molecule has 0 amide bonds. The van der Waals surface area contributed by atoms with E-state index in [2.05, 4.69) is 0 Å². The number of rotatable bonds is 1. The van der Waals surface area contributed by atoms with E-state index in [1.54, 1.807) is 54.7 Å². The van der Waals surface area contributed by atoms with Crippen molar-refractivity contribution in [2.75, 3.05) is 0 Å². The Morgan fingerprint density at radius 1 is 0.871 bits per heavy atom. The van der Waals surface area contributed by atoms with Crippen LogP contribution in [0.5, 0.6) is 0 Å². The summed E-state index contributed by atoms with van der Waals surface area (Å²) >= 11 is 0. The van der Waals surface area contributed by atoms with Crippen molar-refractivity contribution in [1.29, 1.82) is 0 Å². The average molecular weight is 414 g/mol. The first-order chi connectivity index (χ1) is 18.6. The van der Waals surface area contributed by atoms with Crippen LogP contribution >= 0.6 is 0 Å². The summed E-state index contributed by atoms with van der Waals surface area (Å²) in [6.07, 6.45) is 1.70. The third kappa shape index (κ3) is 2.36. The molecule has 0 saturated heterocycles. The van der Waals surface area contributed by atoms with E-state index in [-0.39, 0.29) is 16.7 Å². The molecule has 3 aromatic carbocycles. The van der Waals surface area contributed by atoms with Gasteiger partial charge in [-0.05, 0) is 41.6 Å². The number of hydrogen-bond donors (Lipinski definition) is 0. The number of aromatic nitrogens is 1. The van der Waals surface area contributed by atoms with Gasteiger partial charge in [-0.3, -0.25) is 0 Å². The van der Waals surface area contributed by atoms with Gasteiger partial charge in [-0.25, -0.2) is 4.57 Å². The largest absolute Gasteiger partial charge is 0.454 e. The fourth-order valence-corrected chi connectivity index (χ4v) is 4.89. The summed E-state index contributed by atoms with van der Waals surface area (Å²) < 4.78 is 83.0. The van der Waals surface area contributed by atoms with Crippen LogP contribution in [0, 0.1) is 13.8 Å². The first-order valence-corrected chi connectivity index (χ1v) is 10.2. The third-order valence-electron chi connectivity index (χ3n) is 6.43. The molecule has 0 bridgehead atoms. The van der Waals surface area contributed by atoms with Crippen LogP contribution in [-0.4, -0.2) is 0 Å². The molecular formula is C29H26NO+. The first-order valence-electron chi connectivity index (χ1n) is 14.7. The molecule has 0 fully saturated rings. The Labute approximate surface area is 195 Å². The summed E-state index contributed by atoms with van der Waals surface area (Å²) in [5.74, 6) is 0. The van der Waals surface area contributed by atoms with Crippen molar-refractivity contribution in [2.24, 2.45) is 7.05 Å². The van der Waals surface area contributed by atoms with Crippen molar-refractivity contribution in [3.63, 3.8) is 0 Å². The molecule has 152 valence electrons. The van der Waals surface area contributed by atoms with Gasteiger partial charge < -0.3 is 4.42 Å². The second kappa shape index (κ2) is 6.07. The standard InChI is InChI=1S/C29H26NO/c1-17-14-15-30(5)24(16-17)25-18(2)10-11-19-20-12-13-23-26(28(20)31-27(19)25)21-8-6-7-9-22(21)29(23,3)4/h6-16H,1-5H3/q+1/i1D3,3D3,4D3. The van der Waals surface area contributed by atoms with Crippen molar-refractivity contribution in [2.45, 2.75) is 32.9 Å². The number of pyridine rings is 1. The number of benzene rings is 3. The Morgan fingerprint density at radius 3 is 2.45 bits per heavy atom. The summed E-state index contributed by atoms with van der Waals surface area (Å²) in [6.45, 7) is -6.12. The van der Waals surface area contributed by atoms with Crippen LogP contribution < -0.4 is 4.57 Å². The minimum Gasteiger partial charge on any atom is -0.454 e. The maximum absolute atomic E-state index is 8.47. The molecule has 0 aliphatic heterocycles. The smallest absolute Gasteiger partial charge is 0.216 e. The minimum absolute atomic E-state index is 0.188. The fraction of sp³-hybridized carbons (Fsp3) is 0.207. The quantitative estimate of drug-likeness (QED) is 0.270. The normalized spacial score (nSPS) is 19.7. The molecule has 31 heavy (non-hydrogen) atoms. The molecule has 0 saturated carbocycles. The zero-order valence-corrected chi connectivity index (χ0v) is 17.2. The van der Waals surface area contributed by atoms with E-state index in [0.717, 1.165) is 10.9 Å². The summed E-state index contributed by atoms with van der Waals surface area (Å²) in [5, 5.41) is 1.47. The minimum atomic E-state index is -2.87. The van der Waals surface area contributed by atoms with Crippen molar-refractivity contribution in [3.05, 3.63) is 89.1 Å². The lowest BCUT2D eigenvalue weighted by Gasteiger charge is -2.21. The van der Waals surface area contributed by atoms with Crippen LogP contribution in [0.3, 0.4) is 0 Å². The molecule has 6 rings (SSSR count). The van der Waals surface area contributed by atoms with Crippen LogP contribution in [0.25, 0.3) is 44.3 Å². The van der Waals surface area contributed by atoms with Gasteiger partial charge in [0, 0.05) is 46.2 Å². The lowest BCUT2D eigenvalue weighted by Crippen LogP contribution is -2.30. The van der Waals surface area contributed by atoms with Crippen molar-refractivity contribution >= 4 is 21.9 Å². The molecule has 0 radical (unpaired) electrons. The molecule has 2 aromatic heterocycles. The van der Waals surface area contributed by atoms with Crippen LogP contribution in [-0.2, 0) is 12.5 Å². The van der Waals surface area contributed by atoms with Crippen LogP contribution in [0.1, 0.15) is 48.3 Å². The van der Waals surface area contributed by atoms with Gasteiger partial charge >= 0.3 is 0 Å². The molecule has 0 N–H and O–H groups in total. The van der Waals surface area contributed by atoms with E-state index in [9.17, 15) is 0 Å². The number of nitrogens with zero attached hydrogens (tertiary/aromatic N) is 1. The van der Waals surface area contributed by atoms with Crippen LogP contribution in [0.15, 0.2) is 71.3 Å². The molecule has 0 spiro atoms. The van der Waals surface area contributed by atoms with Gasteiger partial charge in [0.2, 0.25) is 5.69 Å². The Hall–Kier alpha value is -3.39. The predicted molar refractivity (Wildman–Crippen MR) is 127 cm³/mol. The number of hydrogen-bond acceptors (Lipinski definition) is 1. The lowest BCUT2D eigenvalue weighted by molar-refractivity contribution is -0.660. The van der Waals surface area contributed by atoms with E-state index >= 15 is 0 Å². The van der Waals surface area contributed by atoms with Crippen molar-refractivity contribution in [3.8, 4) is 22.4 Å². The third-order valence-corrected chi connectivity index (χ3v) is 6.43. The summed E-state index contributed by atoms with van der Waals surface area (Å²) in [6, 6.07) is 17.1. The molecule has 1 aliphatic rings. The van der Waals surface area contributed by atoms with Gasteiger partial charge in [-0.15, -0.1) is 0 Å². The first kappa shape index (κ1) is 11.3. The van der Waals surface area contributed by atoms with Gasteiger partial charge in [0.05, 0.1) is 5.56 Å². The van der Waals surface area contributed by atoms with E-state index in [4.69, 9.17) is 16.8 Å². The summed E-state index contributed by atoms with van der Waals surface area (Å²) in [5.41, 5.74) is 2.49. The Kier molecular flexibility index (Phi) is 2.21. The zero-order chi connectivity index (χ0) is 29.0. The predicted octanol–water partition coefficient (Wildman–Crippen LogP) is 7.00. The van der Waals surface area contributed by atoms with Gasteiger partial charge in [0.25, 0.3) is 0 Å². The highest BCUT2D eigenvalue weighted by Gasteiger charge is 2.37. The molecule has 2 heterocycles. The highest BCUT2D eigenvalue weighted by molar-refractivity contribution is 6.14. The molecule has 5 aromatic rings. The van der Waals surface area contributed by atoms with Crippen LogP contribution in [0.2, 0.25) is 0 Å². The second-order valence-corrected chi connectivity index (χ2v) is 8.31. The van der Waals surface area contributed by atoms with Crippen molar-refractivity contribution in [1.82, 2.24) is 0 Å². The highest BCUT2D eigenvalue weighted by Crippen LogP contribution is 2.52. The van der Waals surface area contributed by atoms with E-state index < -0.39 is 26.0 Å².